The first-order chi connectivity index (χ1) is 14.1. The molecule has 2 aromatic rings. The summed E-state index contributed by atoms with van der Waals surface area (Å²) in [6, 6.07) is 5.72. The number of benzene rings is 2. The Balaban J connectivity index is 2.17. The number of nitrogens with zero attached hydrogens (tertiary/aromatic N) is 1. The highest BCUT2D eigenvalue weighted by molar-refractivity contribution is 7.89. The number of hydrogen-bond acceptors (Lipinski definition) is 4. The maximum absolute atomic E-state index is 12.9. The van der Waals surface area contributed by atoms with Crippen LogP contribution in [0.15, 0.2) is 47.4 Å². The summed E-state index contributed by atoms with van der Waals surface area (Å²) in [7, 11) is -1.18. The Labute approximate surface area is 173 Å². The Morgan fingerprint density at radius 1 is 0.968 bits per heavy atom. The normalized spacial score (nSPS) is 12.7. The minimum absolute atomic E-state index is 0.0385. The predicted octanol–water partition coefficient (Wildman–Crippen LogP) is 3.99. The van der Waals surface area contributed by atoms with Gasteiger partial charge in [0.05, 0.1) is 16.0 Å². The van der Waals surface area contributed by atoms with Crippen LogP contribution >= 0.6 is 0 Å². The van der Waals surface area contributed by atoms with Crippen molar-refractivity contribution in [1.82, 2.24) is 4.31 Å². The average Bonchev–Trinajstić information content (AvgIpc) is 2.65. The van der Waals surface area contributed by atoms with Crippen molar-refractivity contribution in [3.05, 3.63) is 53.6 Å². The van der Waals surface area contributed by atoms with Crippen LogP contribution in [0.2, 0.25) is 0 Å². The molecule has 2 rings (SSSR count). The fourth-order valence-corrected chi connectivity index (χ4v) is 3.25. The number of nitrogens with one attached hydrogen (secondary N) is 1. The van der Waals surface area contributed by atoms with Crippen molar-refractivity contribution in [3.63, 3.8) is 0 Å². The summed E-state index contributed by atoms with van der Waals surface area (Å²) in [4.78, 5) is 11.9. The van der Waals surface area contributed by atoms with E-state index in [1.54, 1.807) is 0 Å². The van der Waals surface area contributed by atoms with E-state index in [4.69, 9.17) is 4.74 Å². The van der Waals surface area contributed by atoms with Crippen LogP contribution in [0, 0.1) is 0 Å². The van der Waals surface area contributed by atoms with E-state index < -0.39 is 51.8 Å². The Morgan fingerprint density at radius 2 is 1.52 bits per heavy atom. The molecule has 0 unspecified atom stereocenters. The Bertz CT molecular complexity index is 1030. The molecular weight excluding hydrogens is 454 g/mol. The molecule has 0 heterocycles. The summed E-state index contributed by atoms with van der Waals surface area (Å²) in [5.74, 6) is -1.73. The lowest BCUT2D eigenvalue weighted by Crippen LogP contribution is -2.23. The smallest absolute Gasteiger partial charge is 0.416 e. The number of amides is 1. The molecule has 0 atom stereocenters. The highest BCUT2D eigenvalue weighted by Gasteiger charge is 2.37. The zero-order chi connectivity index (χ0) is 23.6. The van der Waals surface area contributed by atoms with Crippen LogP contribution in [0.5, 0.6) is 5.75 Å². The van der Waals surface area contributed by atoms with Gasteiger partial charge in [-0.05, 0) is 36.4 Å². The van der Waals surface area contributed by atoms with Gasteiger partial charge < -0.3 is 10.1 Å². The van der Waals surface area contributed by atoms with E-state index in [9.17, 15) is 39.6 Å². The van der Waals surface area contributed by atoms with Gasteiger partial charge in [-0.2, -0.15) is 26.3 Å². The van der Waals surface area contributed by atoms with Crippen molar-refractivity contribution in [2.75, 3.05) is 26.0 Å². The molecule has 6 nitrogen and oxygen atoms in total. The molecule has 0 fully saturated rings. The van der Waals surface area contributed by atoms with E-state index in [-0.39, 0.29) is 16.6 Å². The molecular formula is C18H16F6N2O4S. The van der Waals surface area contributed by atoms with Gasteiger partial charge in [0.25, 0.3) is 5.91 Å². The van der Waals surface area contributed by atoms with E-state index in [2.05, 4.69) is 5.32 Å². The van der Waals surface area contributed by atoms with E-state index in [0.29, 0.717) is 12.1 Å². The number of sulfonamides is 1. The Kier molecular flexibility index (Phi) is 6.90. The summed E-state index contributed by atoms with van der Waals surface area (Å²) >= 11 is 0. The van der Waals surface area contributed by atoms with Crippen molar-refractivity contribution in [2.45, 2.75) is 17.2 Å². The molecule has 1 N–H and O–H groups in total. The highest BCUT2D eigenvalue weighted by atomic mass is 32.2. The quantitative estimate of drug-likeness (QED) is 0.648. The van der Waals surface area contributed by atoms with Crippen molar-refractivity contribution < 1.29 is 44.3 Å². The lowest BCUT2D eigenvalue weighted by Gasteiger charge is -2.15. The van der Waals surface area contributed by atoms with Gasteiger partial charge in [-0.25, -0.2) is 12.7 Å². The number of ether oxygens (including phenoxy) is 1. The number of carbonyl (C=O) groups excluding carboxylic acids is 1. The van der Waals surface area contributed by atoms with E-state index in [0.717, 1.165) is 10.4 Å². The number of anilines is 1. The van der Waals surface area contributed by atoms with Crippen LogP contribution in [-0.4, -0.2) is 39.3 Å². The first kappa shape index (κ1) is 24.5. The third kappa shape index (κ3) is 6.34. The van der Waals surface area contributed by atoms with Gasteiger partial charge in [0.2, 0.25) is 10.0 Å². The molecule has 170 valence electrons. The number of halogens is 6. The van der Waals surface area contributed by atoms with Gasteiger partial charge in [0, 0.05) is 19.8 Å². The molecule has 0 saturated heterocycles. The van der Waals surface area contributed by atoms with E-state index in [1.807, 2.05) is 0 Å². The lowest BCUT2D eigenvalue weighted by molar-refractivity contribution is -0.143. The minimum atomic E-state index is -5.06. The largest absolute Gasteiger partial charge is 0.484 e. The van der Waals surface area contributed by atoms with Crippen molar-refractivity contribution in [3.8, 4) is 5.75 Å². The molecule has 0 aromatic heterocycles. The van der Waals surface area contributed by atoms with Crippen LogP contribution in [0.3, 0.4) is 0 Å². The second-order valence-electron chi connectivity index (χ2n) is 6.39. The SMILES string of the molecule is CN(C)S(=O)(=O)c1cccc(NC(=O)COc2cc(C(F)(F)F)cc(C(F)(F)F)c2)c1. The highest BCUT2D eigenvalue weighted by Crippen LogP contribution is 2.38. The van der Waals surface area contributed by atoms with Gasteiger partial charge in [0.1, 0.15) is 5.75 Å². The molecule has 0 radical (unpaired) electrons. The first-order valence-electron chi connectivity index (χ1n) is 8.35. The molecule has 0 aliphatic carbocycles. The predicted molar refractivity (Wildman–Crippen MR) is 97.9 cm³/mol. The average molecular weight is 470 g/mol. The van der Waals surface area contributed by atoms with Gasteiger partial charge in [0.15, 0.2) is 6.61 Å². The molecule has 0 spiro atoms. The number of carbonyl (C=O) groups is 1. The summed E-state index contributed by atoms with van der Waals surface area (Å²) in [5.41, 5.74) is -3.13. The van der Waals surface area contributed by atoms with Crippen LogP contribution in [0.1, 0.15) is 11.1 Å². The maximum atomic E-state index is 12.9. The first-order valence-corrected chi connectivity index (χ1v) is 9.79. The van der Waals surface area contributed by atoms with Gasteiger partial charge in [-0.1, -0.05) is 6.07 Å². The number of rotatable bonds is 6. The minimum Gasteiger partial charge on any atom is -0.484 e. The van der Waals surface area contributed by atoms with Crippen molar-refractivity contribution >= 4 is 21.6 Å². The summed E-state index contributed by atoms with van der Waals surface area (Å²) in [6.07, 6.45) is -10.1. The molecule has 1 amide bonds. The fraction of sp³-hybridized carbons (Fsp3) is 0.278. The van der Waals surface area contributed by atoms with Crippen LogP contribution in [0.25, 0.3) is 0 Å². The monoisotopic (exact) mass is 470 g/mol. The Hall–Kier alpha value is -2.80. The van der Waals surface area contributed by atoms with Gasteiger partial charge >= 0.3 is 12.4 Å². The van der Waals surface area contributed by atoms with E-state index >= 15 is 0 Å². The number of hydrogen-bond donors (Lipinski definition) is 1. The number of alkyl halides is 6. The molecule has 31 heavy (non-hydrogen) atoms. The molecule has 2 aromatic carbocycles. The van der Waals surface area contributed by atoms with E-state index in [1.165, 1.54) is 32.3 Å². The molecule has 13 heteroatoms. The van der Waals surface area contributed by atoms with Crippen molar-refractivity contribution in [1.29, 1.82) is 0 Å². The third-order valence-corrected chi connectivity index (χ3v) is 5.64. The molecule has 0 bridgehead atoms. The summed E-state index contributed by atoms with van der Waals surface area (Å²) in [6.45, 7) is -0.913. The zero-order valence-corrected chi connectivity index (χ0v) is 16.8. The third-order valence-electron chi connectivity index (χ3n) is 3.83. The summed E-state index contributed by atoms with van der Waals surface area (Å²) in [5, 5.41) is 2.26. The molecule has 0 aliphatic rings. The van der Waals surface area contributed by atoms with Crippen LogP contribution in [-0.2, 0) is 27.2 Å². The second kappa shape index (κ2) is 8.75. The summed E-state index contributed by atoms with van der Waals surface area (Å²) < 4.78 is 107. The van der Waals surface area contributed by atoms with Gasteiger partial charge in [-0.15, -0.1) is 0 Å². The maximum Gasteiger partial charge on any atom is 0.416 e. The topological polar surface area (TPSA) is 75.7 Å². The standard InChI is InChI=1S/C18H16F6N2O4S/c1-26(2)31(28,29)15-5-3-4-13(9-15)25-16(27)10-30-14-7-11(17(19,20)21)6-12(8-14)18(22,23)24/h3-9H,10H2,1-2H3,(H,25,27). The lowest BCUT2D eigenvalue weighted by atomic mass is 10.1. The zero-order valence-electron chi connectivity index (χ0n) is 16.0. The van der Waals surface area contributed by atoms with Crippen molar-refractivity contribution in [2.24, 2.45) is 0 Å². The second-order valence-corrected chi connectivity index (χ2v) is 8.55. The molecule has 0 aliphatic heterocycles. The fourth-order valence-electron chi connectivity index (χ4n) is 2.30. The van der Waals surface area contributed by atoms with Gasteiger partial charge in [-0.3, -0.25) is 4.79 Å². The molecule has 0 saturated carbocycles. The van der Waals surface area contributed by atoms with Crippen LogP contribution in [0.4, 0.5) is 32.0 Å². The van der Waals surface area contributed by atoms with Crippen LogP contribution < -0.4 is 10.1 Å². The Morgan fingerprint density at radius 3 is 2.00 bits per heavy atom.